The van der Waals surface area contributed by atoms with Gasteiger partial charge in [0, 0.05) is 83.2 Å². The minimum Gasteiger partial charge on any atom is -0.495 e. The van der Waals surface area contributed by atoms with Crippen molar-refractivity contribution >= 4 is 84.8 Å². The number of rotatable bonds is 12. The van der Waals surface area contributed by atoms with Crippen LogP contribution in [0.15, 0.2) is 108 Å². The van der Waals surface area contributed by atoms with Crippen molar-refractivity contribution in [3.63, 3.8) is 0 Å². The molecule has 2 aromatic heterocycles. The molecule has 0 atom stereocenters. The van der Waals surface area contributed by atoms with Gasteiger partial charge in [0.1, 0.15) is 21.3 Å². The average Bonchev–Trinajstić information content (AvgIpc) is 3.99. The van der Waals surface area contributed by atoms with Crippen LogP contribution in [-0.2, 0) is 26.5 Å². The first-order chi connectivity index (χ1) is 30.2. The van der Waals surface area contributed by atoms with E-state index in [0.717, 1.165) is 40.1 Å². The van der Waals surface area contributed by atoms with E-state index in [9.17, 15) is 16.8 Å². The number of hydrogen-bond donors (Lipinski definition) is 0. The number of nitrogens with zero attached hydrogens (tertiary/aromatic N) is 6. The Morgan fingerprint density at radius 1 is 0.619 bits per heavy atom. The number of benzene rings is 4. The van der Waals surface area contributed by atoms with Gasteiger partial charge in [-0.1, -0.05) is 87.7 Å². The van der Waals surface area contributed by atoms with Gasteiger partial charge in [-0.15, -0.1) is 22.7 Å². The summed E-state index contributed by atoms with van der Waals surface area (Å²) >= 11 is 9.92. The topological polar surface area (TPSA) is 125 Å². The molecule has 0 spiro atoms. The molecule has 334 valence electrons. The van der Waals surface area contributed by atoms with Gasteiger partial charge in [0.15, 0.2) is 10.3 Å². The van der Waals surface area contributed by atoms with Crippen LogP contribution >= 0.6 is 54.5 Å². The van der Waals surface area contributed by atoms with Crippen LogP contribution in [0.2, 0.25) is 0 Å². The summed E-state index contributed by atoms with van der Waals surface area (Å²) in [4.78, 5) is 14.4. The van der Waals surface area contributed by atoms with E-state index in [2.05, 4.69) is 116 Å². The lowest BCUT2D eigenvalue weighted by molar-refractivity contribution is 0.373. The highest BCUT2D eigenvalue weighted by Gasteiger charge is 2.33. The molecule has 0 aliphatic carbocycles. The molecule has 4 aromatic carbocycles. The molecule has 0 amide bonds. The highest BCUT2D eigenvalue weighted by Crippen LogP contribution is 2.35. The molecule has 0 N–H and O–H groups in total. The molecule has 18 heteroatoms. The van der Waals surface area contributed by atoms with Crippen molar-refractivity contribution in [2.24, 2.45) is 0 Å². The van der Waals surface area contributed by atoms with Crippen molar-refractivity contribution in [1.82, 2.24) is 18.6 Å². The molecule has 0 saturated carbocycles. The first-order valence-corrected chi connectivity index (χ1v) is 26.7. The Kier molecular flexibility index (Phi) is 15.3. The van der Waals surface area contributed by atoms with Crippen LogP contribution in [-0.4, -0.2) is 102 Å². The number of aryl methyl sites for hydroxylation is 3. The molecule has 12 nitrogen and oxygen atoms in total. The van der Waals surface area contributed by atoms with Gasteiger partial charge in [-0.2, -0.15) is 8.61 Å². The Balaban J connectivity index is 0.000000189. The van der Waals surface area contributed by atoms with Gasteiger partial charge in [-0.3, -0.25) is 0 Å². The summed E-state index contributed by atoms with van der Waals surface area (Å²) < 4.78 is 67.9. The van der Waals surface area contributed by atoms with Crippen molar-refractivity contribution in [3.8, 4) is 34.0 Å². The molecule has 2 fully saturated rings. The highest BCUT2D eigenvalue weighted by atomic mass is 79.9. The van der Waals surface area contributed by atoms with E-state index in [1.54, 1.807) is 59.1 Å². The minimum absolute atomic E-state index is 0.185. The quantitative estimate of drug-likeness (QED) is 0.117. The predicted molar refractivity (Wildman–Crippen MR) is 262 cm³/mol. The Hall–Kier alpha value is -3.88. The lowest BCUT2D eigenvalue weighted by atomic mass is 10.0. The summed E-state index contributed by atoms with van der Waals surface area (Å²) in [5.41, 5.74) is 7.97. The largest absolute Gasteiger partial charge is 0.495 e. The van der Waals surface area contributed by atoms with Gasteiger partial charge in [0.25, 0.3) is 0 Å². The van der Waals surface area contributed by atoms with E-state index < -0.39 is 20.0 Å². The fraction of sp³-hybridized carbons (Fsp3) is 0.333. The lowest BCUT2D eigenvalue weighted by Gasteiger charge is -2.34. The number of thiazole rings is 2. The summed E-state index contributed by atoms with van der Waals surface area (Å²) in [6, 6.07) is 24.9. The molecule has 8 rings (SSSR count). The monoisotopic (exact) mass is 1060 g/mol. The second-order valence-corrected chi connectivity index (χ2v) is 22.4. The molecular formula is C45H50Br2N6O6S4. The van der Waals surface area contributed by atoms with Crippen LogP contribution in [0.5, 0.6) is 11.5 Å². The van der Waals surface area contributed by atoms with Gasteiger partial charge in [-0.05, 0) is 73.4 Å². The fourth-order valence-electron chi connectivity index (χ4n) is 7.64. The van der Waals surface area contributed by atoms with Gasteiger partial charge in [0.05, 0.1) is 25.6 Å². The standard InChI is InChI=1S/C23H26BrN3O3S2.C22H24BrN3O3S2/c1-3-4-17-5-7-18(8-6-17)20-16-31-23(25-20)26-11-13-27(14-12-26)32(28,29)22-15-19(24)9-10-21(22)30-2;1-15-5-4-6-16(2)21(15)18-14-30-22(24-18)25-9-11-26(12-10-25)31(27,28)20-13-17(23)7-8-19(20)29-3/h5-10,15-16H,3-4,11-14H2,1-2H3;4-8,13-14H,9-12H2,1-3H3. The SMILES string of the molecule is CCCc1ccc(-c2csc(N3CCN(S(=O)(=O)c4cc(Br)ccc4OC)CC3)n2)cc1.COc1ccc(Br)cc1S(=O)(=O)N1CCN(c2nc(-c3c(C)cccc3C)cs2)CC1. The van der Waals surface area contributed by atoms with E-state index in [0.29, 0.717) is 72.8 Å². The predicted octanol–water partition coefficient (Wildman–Crippen LogP) is 9.75. The zero-order chi connectivity index (χ0) is 44.9. The van der Waals surface area contributed by atoms with Gasteiger partial charge >= 0.3 is 0 Å². The number of hydrogen-bond acceptors (Lipinski definition) is 12. The number of ether oxygens (including phenoxy) is 2. The third kappa shape index (κ3) is 10.6. The molecular weight excluding hydrogens is 1010 g/mol. The van der Waals surface area contributed by atoms with E-state index >= 15 is 0 Å². The number of anilines is 2. The summed E-state index contributed by atoms with van der Waals surface area (Å²) in [5.74, 6) is 0.703. The number of piperazine rings is 2. The summed E-state index contributed by atoms with van der Waals surface area (Å²) in [6.45, 7) is 10.4. The van der Waals surface area contributed by atoms with Crippen LogP contribution in [0.4, 0.5) is 10.3 Å². The molecule has 2 aliphatic rings. The Labute approximate surface area is 395 Å². The number of sulfonamides is 2. The Bertz CT molecular complexity index is 2730. The van der Waals surface area contributed by atoms with Gasteiger partial charge in [-0.25, -0.2) is 26.8 Å². The van der Waals surface area contributed by atoms with Crippen LogP contribution in [0.25, 0.3) is 22.5 Å². The van der Waals surface area contributed by atoms with Crippen LogP contribution in [0, 0.1) is 13.8 Å². The Morgan fingerprint density at radius 3 is 1.51 bits per heavy atom. The zero-order valence-corrected chi connectivity index (χ0v) is 42.2. The van der Waals surface area contributed by atoms with E-state index in [1.165, 1.54) is 45.1 Å². The van der Waals surface area contributed by atoms with Crippen LogP contribution in [0.3, 0.4) is 0 Å². The summed E-state index contributed by atoms with van der Waals surface area (Å²) in [5, 5.41) is 6.00. The van der Waals surface area contributed by atoms with Crippen molar-refractivity contribution in [1.29, 1.82) is 0 Å². The third-order valence-electron chi connectivity index (χ3n) is 11.0. The average molecular weight is 1060 g/mol. The Morgan fingerprint density at radius 2 is 1.06 bits per heavy atom. The van der Waals surface area contributed by atoms with Crippen molar-refractivity contribution in [2.45, 2.75) is 43.4 Å². The zero-order valence-electron chi connectivity index (χ0n) is 35.8. The second kappa shape index (κ2) is 20.5. The van der Waals surface area contributed by atoms with E-state index in [1.807, 2.05) is 0 Å². The molecule has 63 heavy (non-hydrogen) atoms. The van der Waals surface area contributed by atoms with E-state index in [-0.39, 0.29) is 9.79 Å². The maximum Gasteiger partial charge on any atom is 0.246 e. The van der Waals surface area contributed by atoms with Crippen LogP contribution in [0.1, 0.15) is 30.0 Å². The number of halogens is 2. The summed E-state index contributed by atoms with van der Waals surface area (Å²) in [6.07, 6.45) is 2.22. The van der Waals surface area contributed by atoms with E-state index in [4.69, 9.17) is 19.4 Å². The molecule has 2 saturated heterocycles. The van der Waals surface area contributed by atoms with Crippen LogP contribution < -0.4 is 19.3 Å². The third-order valence-corrected chi connectivity index (χ3v) is 17.6. The molecule has 0 unspecified atom stereocenters. The van der Waals surface area contributed by atoms with Gasteiger partial charge < -0.3 is 19.3 Å². The van der Waals surface area contributed by atoms with Crippen molar-refractivity contribution < 1.29 is 26.3 Å². The molecule has 6 aromatic rings. The second-order valence-electron chi connectivity index (χ2n) is 15.1. The maximum atomic E-state index is 13.2. The molecule has 0 radical (unpaired) electrons. The first-order valence-electron chi connectivity index (χ1n) is 20.5. The van der Waals surface area contributed by atoms with Crippen molar-refractivity contribution in [3.05, 3.63) is 115 Å². The first kappa shape index (κ1) is 47.1. The molecule has 0 bridgehead atoms. The lowest BCUT2D eigenvalue weighted by Crippen LogP contribution is -2.48. The minimum atomic E-state index is -3.65. The number of methoxy groups -OCH3 is 2. The normalized spacial score (nSPS) is 15.2. The molecule has 4 heterocycles. The number of aromatic nitrogens is 2. The van der Waals surface area contributed by atoms with Gasteiger partial charge in [0.2, 0.25) is 20.0 Å². The maximum absolute atomic E-state index is 13.2. The fourth-order valence-corrected chi connectivity index (χ4v) is 13.6. The highest BCUT2D eigenvalue weighted by molar-refractivity contribution is 9.10. The smallest absolute Gasteiger partial charge is 0.246 e. The summed E-state index contributed by atoms with van der Waals surface area (Å²) in [7, 11) is -4.33. The molecule has 2 aliphatic heterocycles. The van der Waals surface area contributed by atoms with Crippen molar-refractivity contribution in [2.75, 3.05) is 76.4 Å².